The van der Waals surface area contributed by atoms with Crippen molar-refractivity contribution in [2.24, 2.45) is 0 Å². The average Bonchev–Trinajstić information content (AvgIpc) is 2.80. The Hall–Kier alpha value is -1.93. The Balaban J connectivity index is 1.26. The zero-order valence-corrected chi connectivity index (χ0v) is 20.0. The van der Waals surface area contributed by atoms with Crippen molar-refractivity contribution in [3.63, 3.8) is 0 Å². The number of carbonyl (C=O) groups excluding carboxylic acids is 1. The van der Waals surface area contributed by atoms with Crippen molar-refractivity contribution in [3.8, 4) is 11.3 Å². The Morgan fingerprint density at radius 2 is 1.53 bits per heavy atom. The maximum absolute atomic E-state index is 12.7. The molecule has 0 bridgehead atoms. The summed E-state index contributed by atoms with van der Waals surface area (Å²) in [7, 11) is 0. The first kappa shape index (κ1) is 23.2. The number of anilines is 1. The molecular weight excluding hydrogens is 447 g/mol. The van der Waals surface area contributed by atoms with Crippen LogP contribution in [0.25, 0.3) is 11.3 Å². The molecule has 9 heteroatoms. The van der Waals surface area contributed by atoms with Crippen LogP contribution in [0.1, 0.15) is 13.3 Å². The van der Waals surface area contributed by atoms with E-state index in [2.05, 4.69) is 31.6 Å². The highest BCUT2D eigenvalue weighted by atomic mass is 35.5. The standard InChI is InChI=1S/C23H30Cl2N6O/c1-2-3-28-4-10-31(11-5-28)23(32)17-29-6-8-30(9-7-29)22-16-26-21(15-27-22)18-12-19(24)14-20(25)13-18/h12-16H,2-11,17H2,1H3. The van der Waals surface area contributed by atoms with Crippen molar-refractivity contribution < 1.29 is 4.79 Å². The van der Waals surface area contributed by atoms with E-state index in [0.717, 1.165) is 76.0 Å². The second kappa shape index (κ2) is 10.8. The Kier molecular flexibility index (Phi) is 7.84. The Labute approximate surface area is 199 Å². The van der Waals surface area contributed by atoms with Gasteiger partial charge in [-0.2, -0.15) is 0 Å². The fourth-order valence-electron chi connectivity index (χ4n) is 4.30. The first-order valence-electron chi connectivity index (χ1n) is 11.3. The summed E-state index contributed by atoms with van der Waals surface area (Å²) in [5.74, 6) is 1.10. The molecule has 0 unspecified atom stereocenters. The summed E-state index contributed by atoms with van der Waals surface area (Å²) in [5.41, 5.74) is 1.59. The molecule has 1 amide bonds. The summed E-state index contributed by atoms with van der Waals surface area (Å²) >= 11 is 12.2. The van der Waals surface area contributed by atoms with Crippen LogP contribution >= 0.6 is 23.2 Å². The number of aromatic nitrogens is 2. The highest BCUT2D eigenvalue weighted by molar-refractivity contribution is 6.35. The largest absolute Gasteiger partial charge is 0.353 e. The lowest BCUT2D eigenvalue weighted by molar-refractivity contribution is -0.134. The van der Waals surface area contributed by atoms with Crippen molar-refractivity contribution in [1.82, 2.24) is 24.7 Å². The first-order valence-corrected chi connectivity index (χ1v) is 12.0. The molecule has 2 aliphatic rings. The van der Waals surface area contributed by atoms with Gasteiger partial charge in [-0.15, -0.1) is 0 Å². The number of amides is 1. The smallest absolute Gasteiger partial charge is 0.236 e. The van der Waals surface area contributed by atoms with Crippen LogP contribution in [-0.2, 0) is 4.79 Å². The van der Waals surface area contributed by atoms with Gasteiger partial charge in [-0.25, -0.2) is 4.98 Å². The molecule has 1 aromatic carbocycles. The van der Waals surface area contributed by atoms with Gasteiger partial charge < -0.3 is 9.80 Å². The molecule has 0 saturated carbocycles. The number of nitrogens with zero attached hydrogens (tertiary/aromatic N) is 6. The van der Waals surface area contributed by atoms with Crippen LogP contribution in [0, 0.1) is 0 Å². The second-order valence-corrected chi connectivity index (χ2v) is 9.28. The van der Waals surface area contributed by atoms with E-state index in [9.17, 15) is 4.79 Å². The van der Waals surface area contributed by atoms with E-state index >= 15 is 0 Å². The summed E-state index contributed by atoms with van der Waals surface area (Å²) in [5, 5.41) is 1.15. The third kappa shape index (κ3) is 5.90. The van der Waals surface area contributed by atoms with Gasteiger partial charge in [0.25, 0.3) is 0 Å². The second-order valence-electron chi connectivity index (χ2n) is 8.40. The van der Waals surface area contributed by atoms with E-state index in [-0.39, 0.29) is 5.91 Å². The molecule has 32 heavy (non-hydrogen) atoms. The number of rotatable bonds is 6. The van der Waals surface area contributed by atoms with Crippen molar-refractivity contribution in [3.05, 3.63) is 40.6 Å². The number of benzene rings is 1. The quantitative estimate of drug-likeness (QED) is 0.638. The van der Waals surface area contributed by atoms with Crippen LogP contribution in [-0.4, -0.2) is 96.0 Å². The maximum Gasteiger partial charge on any atom is 0.236 e. The summed E-state index contributed by atoms with van der Waals surface area (Å²) < 4.78 is 0. The molecule has 0 spiro atoms. The van der Waals surface area contributed by atoms with E-state index in [4.69, 9.17) is 23.2 Å². The van der Waals surface area contributed by atoms with Gasteiger partial charge in [-0.3, -0.25) is 19.6 Å². The van der Waals surface area contributed by atoms with E-state index in [1.807, 2.05) is 17.0 Å². The summed E-state index contributed by atoms with van der Waals surface area (Å²) in [4.78, 5) is 30.8. The van der Waals surface area contributed by atoms with Crippen LogP contribution < -0.4 is 4.90 Å². The Morgan fingerprint density at radius 3 is 2.12 bits per heavy atom. The normalized spacial score (nSPS) is 18.2. The molecule has 1 aromatic heterocycles. The van der Waals surface area contributed by atoms with E-state index in [1.165, 1.54) is 6.42 Å². The van der Waals surface area contributed by atoms with Crippen LogP contribution in [0.2, 0.25) is 10.0 Å². The zero-order chi connectivity index (χ0) is 22.5. The summed E-state index contributed by atoms with van der Waals surface area (Å²) in [6, 6.07) is 5.36. The van der Waals surface area contributed by atoms with Gasteiger partial charge in [-0.1, -0.05) is 30.1 Å². The molecule has 2 aromatic rings. The molecule has 0 radical (unpaired) electrons. The molecule has 0 N–H and O–H groups in total. The SMILES string of the molecule is CCCN1CCN(C(=O)CN2CCN(c3cnc(-c4cc(Cl)cc(Cl)c4)cn3)CC2)CC1. The van der Waals surface area contributed by atoms with Crippen molar-refractivity contribution in [1.29, 1.82) is 0 Å². The van der Waals surface area contributed by atoms with E-state index in [0.29, 0.717) is 16.6 Å². The van der Waals surface area contributed by atoms with Gasteiger partial charge in [0, 0.05) is 68.0 Å². The topological polar surface area (TPSA) is 55.8 Å². The minimum absolute atomic E-state index is 0.249. The molecule has 2 fully saturated rings. The zero-order valence-electron chi connectivity index (χ0n) is 18.5. The van der Waals surface area contributed by atoms with Crippen LogP contribution in [0.4, 0.5) is 5.82 Å². The molecule has 0 aliphatic carbocycles. The fourth-order valence-corrected chi connectivity index (χ4v) is 4.82. The minimum Gasteiger partial charge on any atom is -0.353 e. The number of piperazine rings is 2. The Morgan fingerprint density at radius 1 is 0.875 bits per heavy atom. The van der Waals surface area contributed by atoms with Gasteiger partial charge in [0.1, 0.15) is 5.82 Å². The fraction of sp³-hybridized carbons (Fsp3) is 0.522. The first-order chi connectivity index (χ1) is 15.5. The number of hydrogen-bond acceptors (Lipinski definition) is 6. The average molecular weight is 477 g/mol. The van der Waals surface area contributed by atoms with Crippen LogP contribution in [0.5, 0.6) is 0 Å². The molecule has 3 heterocycles. The number of hydrogen-bond donors (Lipinski definition) is 0. The lowest BCUT2D eigenvalue weighted by atomic mass is 10.1. The molecule has 172 valence electrons. The van der Waals surface area contributed by atoms with Gasteiger partial charge in [0.15, 0.2) is 0 Å². The predicted octanol–water partition coefficient (Wildman–Crippen LogP) is 3.13. The van der Waals surface area contributed by atoms with Crippen LogP contribution in [0.3, 0.4) is 0 Å². The highest BCUT2D eigenvalue weighted by Crippen LogP contribution is 2.26. The molecule has 4 rings (SSSR count). The minimum atomic E-state index is 0.249. The molecule has 2 saturated heterocycles. The number of carbonyl (C=O) groups is 1. The van der Waals surface area contributed by atoms with Gasteiger partial charge in [0.2, 0.25) is 5.91 Å². The molecular formula is C23H30Cl2N6O. The van der Waals surface area contributed by atoms with Crippen LogP contribution in [0.15, 0.2) is 30.6 Å². The third-order valence-corrected chi connectivity index (χ3v) is 6.55. The number of halogens is 2. The van der Waals surface area contributed by atoms with E-state index < -0.39 is 0 Å². The van der Waals surface area contributed by atoms with E-state index in [1.54, 1.807) is 18.5 Å². The maximum atomic E-state index is 12.7. The predicted molar refractivity (Wildman–Crippen MR) is 129 cm³/mol. The van der Waals surface area contributed by atoms with Gasteiger partial charge >= 0.3 is 0 Å². The highest BCUT2D eigenvalue weighted by Gasteiger charge is 2.25. The third-order valence-electron chi connectivity index (χ3n) is 6.12. The van der Waals surface area contributed by atoms with Crippen molar-refractivity contribution in [2.45, 2.75) is 13.3 Å². The summed E-state index contributed by atoms with van der Waals surface area (Å²) in [6.07, 6.45) is 4.71. The molecule has 2 aliphatic heterocycles. The van der Waals surface area contributed by atoms with Crippen molar-refractivity contribution in [2.75, 3.05) is 70.3 Å². The summed E-state index contributed by atoms with van der Waals surface area (Å²) in [6.45, 7) is 10.8. The lowest BCUT2D eigenvalue weighted by Gasteiger charge is -2.38. The van der Waals surface area contributed by atoms with Crippen molar-refractivity contribution >= 4 is 34.9 Å². The monoisotopic (exact) mass is 476 g/mol. The van der Waals surface area contributed by atoms with Gasteiger partial charge in [0.05, 0.1) is 24.6 Å². The molecule has 0 atom stereocenters. The Bertz CT molecular complexity index is 889. The molecule has 7 nitrogen and oxygen atoms in total. The van der Waals surface area contributed by atoms with Gasteiger partial charge in [-0.05, 0) is 31.2 Å². The lowest BCUT2D eigenvalue weighted by Crippen LogP contribution is -2.54.